The maximum Gasteiger partial charge on any atom is 0.323 e. The Kier molecular flexibility index (Phi) is 4.83. The van der Waals surface area contributed by atoms with Gasteiger partial charge < -0.3 is 10.6 Å². The fourth-order valence-corrected chi connectivity index (χ4v) is 2.17. The van der Waals surface area contributed by atoms with Crippen LogP contribution in [0.5, 0.6) is 0 Å². The highest BCUT2D eigenvalue weighted by Gasteiger charge is 2.09. The van der Waals surface area contributed by atoms with E-state index in [1.807, 2.05) is 0 Å². The second-order valence-corrected chi connectivity index (χ2v) is 5.12. The number of nitrogens with one attached hydrogen (secondary N) is 2. The van der Waals surface area contributed by atoms with Crippen LogP contribution in [0.3, 0.4) is 0 Å². The lowest BCUT2D eigenvalue weighted by Gasteiger charge is -2.10. The van der Waals surface area contributed by atoms with Gasteiger partial charge in [0.1, 0.15) is 0 Å². The Morgan fingerprint density at radius 1 is 0.905 bits per heavy atom. The van der Waals surface area contributed by atoms with Crippen molar-refractivity contribution in [1.82, 2.24) is 0 Å². The second-order valence-electron chi connectivity index (χ2n) is 4.31. The first-order valence-corrected chi connectivity index (χ1v) is 6.86. The molecule has 0 fully saturated rings. The van der Waals surface area contributed by atoms with E-state index in [2.05, 4.69) is 10.6 Å². The number of anilines is 2. The Morgan fingerprint density at radius 3 is 2.00 bits per heavy atom. The van der Waals surface area contributed by atoms with Gasteiger partial charge in [-0.3, -0.25) is 4.79 Å². The largest absolute Gasteiger partial charge is 0.323 e. The summed E-state index contributed by atoms with van der Waals surface area (Å²) < 4.78 is 0. The lowest BCUT2D eigenvalue weighted by Crippen LogP contribution is -2.19. The van der Waals surface area contributed by atoms with Gasteiger partial charge in [-0.1, -0.05) is 29.3 Å². The summed E-state index contributed by atoms with van der Waals surface area (Å²) in [5.41, 5.74) is 1.48. The second kappa shape index (κ2) is 6.61. The van der Waals surface area contributed by atoms with E-state index in [0.29, 0.717) is 27.0 Å². The summed E-state index contributed by atoms with van der Waals surface area (Å²) in [7, 11) is 0. The van der Waals surface area contributed by atoms with Gasteiger partial charge in [-0.2, -0.15) is 0 Å². The summed E-state index contributed by atoms with van der Waals surface area (Å²) in [5.74, 6) is -0.0335. The third kappa shape index (κ3) is 3.97. The molecule has 2 aromatic rings. The van der Waals surface area contributed by atoms with Crippen molar-refractivity contribution in [2.75, 3.05) is 10.6 Å². The molecule has 0 saturated carbocycles. The van der Waals surface area contributed by atoms with E-state index in [-0.39, 0.29) is 5.78 Å². The quantitative estimate of drug-likeness (QED) is 0.794. The van der Waals surface area contributed by atoms with Crippen molar-refractivity contribution in [2.24, 2.45) is 0 Å². The van der Waals surface area contributed by atoms with Crippen molar-refractivity contribution in [3.8, 4) is 0 Å². The number of urea groups is 1. The van der Waals surface area contributed by atoms with Crippen molar-refractivity contribution < 1.29 is 9.59 Å². The van der Waals surface area contributed by atoms with Crippen LogP contribution in [0, 0.1) is 0 Å². The fourth-order valence-electron chi connectivity index (χ4n) is 1.68. The van der Waals surface area contributed by atoms with Crippen LogP contribution >= 0.6 is 23.2 Å². The predicted molar refractivity (Wildman–Crippen MR) is 85.5 cm³/mol. The standard InChI is InChI=1S/C15H12Cl2N2O2/c1-9(20)10-5-7-11(8-6-10)18-15(21)19-14-12(16)3-2-4-13(14)17/h2-8H,1H3,(H2,18,19,21). The zero-order valence-electron chi connectivity index (χ0n) is 11.1. The fraction of sp³-hybridized carbons (Fsp3) is 0.0667. The molecule has 0 unspecified atom stereocenters. The van der Waals surface area contributed by atoms with Crippen LogP contribution in [0.2, 0.25) is 10.0 Å². The van der Waals surface area contributed by atoms with E-state index >= 15 is 0 Å². The molecule has 0 aliphatic heterocycles. The van der Waals surface area contributed by atoms with Gasteiger partial charge in [-0.25, -0.2) is 4.79 Å². The first-order valence-electron chi connectivity index (χ1n) is 6.10. The molecule has 0 spiro atoms. The first kappa shape index (κ1) is 15.4. The molecule has 2 aromatic carbocycles. The van der Waals surface area contributed by atoms with Gasteiger partial charge in [0.15, 0.2) is 5.78 Å². The Morgan fingerprint density at radius 2 is 1.48 bits per heavy atom. The third-order valence-electron chi connectivity index (χ3n) is 2.75. The molecule has 0 aromatic heterocycles. The predicted octanol–water partition coefficient (Wildman–Crippen LogP) is 4.84. The highest BCUT2D eigenvalue weighted by atomic mass is 35.5. The number of ketones is 1. The maximum absolute atomic E-state index is 11.9. The first-order chi connectivity index (χ1) is 9.97. The number of carbonyl (C=O) groups excluding carboxylic acids is 2. The molecule has 0 atom stereocenters. The van der Waals surface area contributed by atoms with Crippen LogP contribution in [0.15, 0.2) is 42.5 Å². The average Bonchev–Trinajstić information content (AvgIpc) is 2.43. The van der Waals surface area contributed by atoms with Crippen molar-refractivity contribution in [2.45, 2.75) is 6.92 Å². The number of halogens is 2. The molecule has 0 aliphatic carbocycles. The number of hydrogen-bond donors (Lipinski definition) is 2. The van der Waals surface area contributed by atoms with Crippen molar-refractivity contribution in [1.29, 1.82) is 0 Å². The molecule has 2 rings (SSSR count). The topological polar surface area (TPSA) is 58.2 Å². The van der Waals surface area contributed by atoms with Crippen molar-refractivity contribution in [3.05, 3.63) is 58.1 Å². The Labute approximate surface area is 132 Å². The maximum atomic E-state index is 11.9. The number of Topliss-reactive ketones (excluding diaryl/α,β-unsaturated/α-hetero) is 1. The molecule has 21 heavy (non-hydrogen) atoms. The molecule has 0 aliphatic rings. The Hall–Kier alpha value is -2.04. The zero-order valence-corrected chi connectivity index (χ0v) is 12.6. The van der Waals surface area contributed by atoms with E-state index in [4.69, 9.17) is 23.2 Å². The molecule has 0 radical (unpaired) electrons. The molecule has 108 valence electrons. The minimum Gasteiger partial charge on any atom is -0.308 e. The Balaban J connectivity index is 2.06. The number of rotatable bonds is 3. The monoisotopic (exact) mass is 322 g/mol. The van der Waals surface area contributed by atoms with Crippen LogP contribution in [0.4, 0.5) is 16.2 Å². The van der Waals surface area contributed by atoms with Gasteiger partial charge in [-0.05, 0) is 43.3 Å². The normalized spacial score (nSPS) is 10.0. The van der Waals surface area contributed by atoms with Crippen LogP contribution in [-0.4, -0.2) is 11.8 Å². The summed E-state index contributed by atoms with van der Waals surface area (Å²) in [4.78, 5) is 23.1. The summed E-state index contributed by atoms with van der Waals surface area (Å²) in [6, 6.07) is 11.0. The van der Waals surface area contributed by atoms with Gasteiger partial charge in [0, 0.05) is 11.3 Å². The lowest BCUT2D eigenvalue weighted by molar-refractivity contribution is 0.101. The van der Waals surface area contributed by atoms with Crippen LogP contribution < -0.4 is 10.6 Å². The minimum absolute atomic E-state index is 0.0335. The van der Waals surface area contributed by atoms with E-state index < -0.39 is 6.03 Å². The van der Waals surface area contributed by atoms with Crippen LogP contribution in [0.25, 0.3) is 0 Å². The number of benzene rings is 2. The molecule has 2 N–H and O–H groups in total. The zero-order chi connectivity index (χ0) is 15.4. The summed E-state index contributed by atoms with van der Waals surface area (Å²) >= 11 is 11.9. The van der Waals surface area contributed by atoms with Crippen LogP contribution in [0.1, 0.15) is 17.3 Å². The minimum atomic E-state index is -0.472. The Bertz CT molecular complexity index is 664. The third-order valence-corrected chi connectivity index (χ3v) is 3.38. The summed E-state index contributed by atoms with van der Waals surface area (Å²) in [6.07, 6.45) is 0. The molecule has 6 heteroatoms. The number of para-hydroxylation sites is 1. The van der Waals surface area contributed by atoms with Gasteiger partial charge in [0.2, 0.25) is 0 Å². The van der Waals surface area contributed by atoms with Gasteiger partial charge >= 0.3 is 6.03 Å². The number of amides is 2. The molecular formula is C15H12Cl2N2O2. The lowest BCUT2D eigenvalue weighted by atomic mass is 10.1. The average molecular weight is 323 g/mol. The molecule has 0 bridgehead atoms. The highest BCUT2D eigenvalue weighted by molar-refractivity contribution is 6.39. The summed E-state index contributed by atoms with van der Waals surface area (Å²) in [5, 5.41) is 5.92. The molecule has 0 saturated heterocycles. The molecule has 2 amide bonds. The highest BCUT2D eigenvalue weighted by Crippen LogP contribution is 2.29. The van der Waals surface area contributed by atoms with Crippen molar-refractivity contribution in [3.63, 3.8) is 0 Å². The summed E-state index contributed by atoms with van der Waals surface area (Å²) in [6.45, 7) is 1.48. The van der Waals surface area contributed by atoms with Gasteiger partial charge in [0.25, 0.3) is 0 Å². The van der Waals surface area contributed by atoms with E-state index in [1.54, 1.807) is 42.5 Å². The molecule has 4 nitrogen and oxygen atoms in total. The van der Waals surface area contributed by atoms with Crippen molar-refractivity contribution >= 4 is 46.4 Å². The van der Waals surface area contributed by atoms with E-state index in [0.717, 1.165) is 0 Å². The van der Waals surface area contributed by atoms with E-state index in [1.165, 1.54) is 6.92 Å². The SMILES string of the molecule is CC(=O)c1ccc(NC(=O)Nc2c(Cl)cccc2Cl)cc1. The smallest absolute Gasteiger partial charge is 0.308 e. The van der Waals surface area contributed by atoms with Gasteiger partial charge in [0.05, 0.1) is 15.7 Å². The van der Waals surface area contributed by atoms with Gasteiger partial charge in [-0.15, -0.1) is 0 Å². The van der Waals surface area contributed by atoms with E-state index in [9.17, 15) is 9.59 Å². The number of carbonyl (C=O) groups is 2. The molecular weight excluding hydrogens is 311 g/mol. The molecule has 0 heterocycles. The van der Waals surface area contributed by atoms with Crippen LogP contribution in [-0.2, 0) is 0 Å². The number of hydrogen-bond acceptors (Lipinski definition) is 2.